The molecule has 0 radical (unpaired) electrons. The highest BCUT2D eigenvalue weighted by atomic mass is 35.5. The molecule has 238 valence electrons. The molecule has 2 amide bonds. The second kappa shape index (κ2) is 15.8. The van der Waals surface area contributed by atoms with Gasteiger partial charge in [0.15, 0.2) is 0 Å². The highest BCUT2D eigenvalue weighted by Crippen LogP contribution is 2.32. The van der Waals surface area contributed by atoms with Crippen LogP contribution in [0.5, 0.6) is 0 Å². The fourth-order valence-electron chi connectivity index (χ4n) is 5.86. The molecule has 4 aromatic rings. The smallest absolute Gasteiger partial charge is 0.407 e. The van der Waals surface area contributed by atoms with Gasteiger partial charge in [-0.25, -0.2) is 9.00 Å². The zero-order valence-corrected chi connectivity index (χ0v) is 26.9. The molecule has 0 spiro atoms. The summed E-state index contributed by atoms with van der Waals surface area (Å²) >= 11 is 6.47. The molecule has 8 nitrogen and oxygen atoms in total. The number of likely N-dealkylation sites (N-methyl/N-ethyl adjacent to an activating group) is 1. The molecule has 46 heavy (non-hydrogen) atoms. The number of carbonyl (C=O) groups excluding carboxylic acids is 1. The Bertz CT molecular complexity index is 1640. The van der Waals surface area contributed by atoms with Crippen LogP contribution in [0, 0.1) is 0 Å². The maximum Gasteiger partial charge on any atom is 0.407 e. The molecule has 5 rings (SSSR count). The summed E-state index contributed by atoms with van der Waals surface area (Å²) in [6.07, 6.45) is -0.520. The number of benzene rings is 4. The number of nitrogens with one attached hydrogen (secondary N) is 2. The number of carbonyl (C=O) groups is 2. The quantitative estimate of drug-likeness (QED) is 0.139. The number of nitrogens with zero attached hydrogens (tertiary/aromatic N) is 1. The van der Waals surface area contributed by atoms with Crippen LogP contribution in [-0.4, -0.2) is 69.5 Å². The van der Waals surface area contributed by atoms with Crippen LogP contribution in [0.1, 0.15) is 34.6 Å². The molecular formula is C36H36ClN3O5S. The molecule has 0 saturated carbocycles. The summed E-state index contributed by atoms with van der Waals surface area (Å²) in [6, 6.07) is 32.6. The Morgan fingerprint density at radius 2 is 1.54 bits per heavy atom. The molecule has 3 atom stereocenters. The van der Waals surface area contributed by atoms with Gasteiger partial charge in [0, 0.05) is 36.8 Å². The third kappa shape index (κ3) is 8.10. The number of para-hydroxylation sites is 1. The van der Waals surface area contributed by atoms with Gasteiger partial charge in [-0.1, -0.05) is 103 Å². The normalized spacial score (nSPS) is 16.8. The molecule has 1 heterocycles. The molecule has 0 aliphatic carbocycles. The van der Waals surface area contributed by atoms with Crippen molar-refractivity contribution in [2.75, 3.05) is 25.5 Å². The summed E-state index contributed by atoms with van der Waals surface area (Å²) in [6.45, 7) is 1.16. The molecule has 0 bridgehead atoms. The lowest BCUT2D eigenvalue weighted by molar-refractivity contribution is -0.120. The number of halogens is 1. The van der Waals surface area contributed by atoms with Gasteiger partial charge in [-0.05, 0) is 53.3 Å². The average molecular weight is 658 g/mol. The van der Waals surface area contributed by atoms with Crippen LogP contribution in [0.2, 0.25) is 5.02 Å². The first-order valence-corrected chi connectivity index (χ1v) is 16.2. The average Bonchev–Trinajstić information content (AvgIpc) is 3.08. The zero-order chi connectivity index (χ0) is 32.5. The second-order valence-electron chi connectivity index (χ2n) is 11.2. The Balaban J connectivity index is 1.34. The Hall–Kier alpha value is -4.28. The van der Waals surface area contributed by atoms with Crippen molar-refractivity contribution in [1.82, 2.24) is 10.2 Å². The van der Waals surface area contributed by atoms with Crippen LogP contribution < -0.4 is 10.6 Å². The van der Waals surface area contributed by atoms with Gasteiger partial charge < -0.3 is 20.5 Å². The van der Waals surface area contributed by atoms with E-state index in [-0.39, 0.29) is 6.10 Å². The van der Waals surface area contributed by atoms with E-state index in [1.54, 1.807) is 12.1 Å². The third-order valence-electron chi connectivity index (χ3n) is 8.20. The number of anilines is 1. The lowest BCUT2D eigenvalue weighted by Crippen LogP contribution is -2.48. The van der Waals surface area contributed by atoms with E-state index < -0.39 is 30.1 Å². The summed E-state index contributed by atoms with van der Waals surface area (Å²) in [4.78, 5) is 28.1. The molecule has 1 saturated heterocycles. The molecule has 1 aliphatic heterocycles. The molecule has 4 aromatic carbocycles. The van der Waals surface area contributed by atoms with Crippen molar-refractivity contribution in [3.8, 4) is 0 Å². The van der Waals surface area contributed by atoms with Crippen molar-refractivity contribution in [2.24, 2.45) is 0 Å². The van der Waals surface area contributed by atoms with Gasteiger partial charge >= 0.3 is 6.09 Å². The molecule has 0 unspecified atom stereocenters. The summed E-state index contributed by atoms with van der Waals surface area (Å²) in [5.74, 6) is -0.973. The van der Waals surface area contributed by atoms with Crippen molar-refractivity contribution in [3.05, 3.63) is 136 Å². The molecule has 10 heteroatoms. The van der Waals surface area contributed by atoms with E-state index in [2.05, 4.69) is 10.6 Å². The first kappa shape index (κ1) is 33.1. The number of aryl methyl sites for hydroxylation is 1. The summed E-state index contributed by atoms with van der Waals surface area (Å²) < 4.78 is 18.5. The number of rotatable bonds is 11. The first-order valence-electron chi connectivity index (χ1n) is 15.1. The van der Waals surface area contributed by atoms with E-state index >= 15 is 0 Å². The highest BCUT2D eigenvalue weighted by Gasteiger charge is 2.37. The lowest BCUT2D eigenvalue weighted by Gasteiger charge is -2.33. The van der Waals surface area contributed by atoms with Crippen LogP contribution in [-0.2, 0) is 27.2 Å². The Kier molecular flexibility index (Phi) is 11.4. The lowest BCUT2D eigenvalue weighted by atomic mass is 9.84. The largest absolute Gasteiger partial charge is 0.465 e. The molecular weight excluding hydrogens is 622 g/mol. The second-order valence-corrected chi connectivity index (χ2v) is 12.2. The topological polar surface area (TPSA) is 108 Å². The minimum Gasteiger partial charge on any atom is -0.465 e. The van der Waals surface area contributed by atoms with E-state index in [1.807, 2.05) is 97.1 Å². The molecule has 1 fully saturated rings. The van der Waals surface area contributed by atoms with Crippen molar-refractivity contribution in [3.63, 3.8) is 0 Å². The van der Waals surface area contributed by atoms with Gasteiger partial charge in [-0.15, -0.1) is 0 Å². The van der Waals surface area contributed by atoms with Gasteiger partial charge in [-0.2, -0.15) is 0 Å². The van der Waals surface area contributed by atoms with E-state index in [4.69, 9.17) is 16.3 Å². The van der Waals surface area contributed by atoms with Gasteiger partial charge in [0.2, 0.25) is 5.91 Å². The molecule has 3 N–H and O–H groups in total. The Morgan fingerprint density at radius 3 is 2.15 bits per heavy atom. The van der Waals surface area contributed by atoms with E-state index in [0.717, 1.165) is 27.2 Å². The van der Waals surface area contributed by atoms with Crippen molar-refractivity contribution < 1.29 is 23.6 Å². The number of morpholine rings is 1. The summed E-state index contributed by atoms with van der Waals surface area (Å²) in [5.41, 5.74) is 3.96. The summed E-state index contributed by atoms with van der Waals surface area (Å²) in [5, 5.41) is 17.1. The van der Waals surface area contributed by atoms with Crippen LogP contribution in [0.15, 0.2) is 109 Å². The predicted octanol–water partition coefficient (Wildman–Crippen LogP) is 5.81. The standard InChI is InChI=1S/C36H36ClN3O5S/c1-40(36(42)43)33(32(25-11-4-2-5-12-25)26-13-6-3-7-14-26)35(41)39-30-15-9-8-10-24(30)18-21-29-22-38-23-31(45-29)34(46-44)27-16-19-28(37)20-17-27/h2-17,19-20,29,31-33,38H,18,21-23H2,1H3,(H,39,41)(H,42,43)/t29-,31+,33+/m1/s1. The van der Waals surface area contributed by atoms with Crippen LogP contribution >= 0.6 is 11.6 Å². The summed E-state index contributed by atoms with van der Waals surface area (Å²) in [7, 11) is 1.43. The maximum atomic E-state index is 14.1. The Labute approximate surface area is 277 Å². The number of ether oxygens (including phenoxy) is 1. The predicted molar refractivity (Wildman–Crippen MR) is 183 cm³/mol. The van der Waals surface area contributed by atoms with Gasteiger partial charge in [0.05, 0.1) is 22.2 Å². The maximum absolute atomic E-state index is 14.1. The highest BCUT2D eigenvalue weighted by molar-refractivity contribution is 7.67. The zero-order valence-electron chi connectivity index (χ0n) is 25.3. The minimum atomic E-state index is -1.20. The van der Waals surface area contributed by atoms with Gasteiger partial charge in [0.1, 0.15) is 12.1 Å². The van der Waals surface area contributed by atoms with E-state index in [0.29, 0.717) is 52.8 Å². The fraction of sp³-hybridized carbons (Fsp3) is 0.250. The van der Waals surface area contributed by atoms with E-state index in [1.165, 1.54) is 7.05 Å². The Morgan fingerprint density at radius 1 is 0.935 bits per heavy atom. The SMILES string of the molecule is CN(C(=O)O)[C@H](C(=O)Nc1ccccc1CC[C@@H]1CNC[C@@H](C(=S=O)c2ccc(Cl)cc2)O1)C(c1ccccc1)c1ccccc1. The fourth-order valence-corrected chi connectivity index (χ4v) is 6.47. The number of hydrogen-bond donors (Lipinski definition) is 3. The van der Waals surface area contributed by atoms with E-state index in [9.17, 15) is 18.9 Å². The van der Waals surface area contributed by atoms with Crippen LogP contribution in [0.3, 0.4) is 0 Å². The number of carboxylic acid groups (broad SMARTS) is 1. The molecule has 0 aromatic heterocycles. The number of amides is 2. The van der Waals surface area contributed by atoms with Crippen LogP contribution in [0.25, 0.3) is 0 Å². The van der Waals surface area contributed by atoms with Gasteiger partial charge in [0.25, 0.3) is 0 Å². The monoisotopic (exact) mass is 657 g/mol. The van der Waals surface area contributed by atoms with Crippen LogP contribution in [0.4, 0.5) is 10.5 Å². The third-order valence-corrected chi connectivity index (χ3v) is 9.13. The molecule has 1 aliphatic rings. The van der Waals surface area contributed by atoms with Crippen molar-refractivity contribution >= 4 is 45.4 Å². The minimum absolute atomic E-state index is 0.164. The van der Waals surface area contributed by atoms with Crippen molar-refractivity contribution in [1.29, 1.82) is 0 Å². The van der Waals surface area contributed by atoms with Crippen molar-refractivity contribution in [2.45, 2.75) is 37.0 Å². The number of hydrogen-bond acceptors (Lipinski definition) is 5. The first-order chi connectivity index (χ1) is 22.4. The van der Waals surface area contributed by atoms with Gasteiger partial charge in [-0.3, -0.25) is 9.69 Å².